The number of likely N-dealkylation sites (N-methyl/N-ethyl adjacent to an activating group) is 1. The van der Waals surface area contributed by atoms with Crippen molar-refractivity contribution >= 4 is 39.1 Å². The van der Waals surface area contributed by atoms with Crippen molar-refractivity contribution in [2.24, 2.45) is 0 Å². The minimum absolute atomic E-state index is 0.0501. The predicted molar refractivity (Wildman–Crippen MR) is 134 cm³/mol. The van der Waals surface area contributed by atoms with Crippen LogP contribution < -0.4 is 19.1 Å². The molecule has 9 nitrogen and oxygen atoms in total. The minimum atomic E-state index is -3.62. The van der Waals surface area contributed by atoms with E-state index in [4.69, 9.17) is 21.1 Å². The summed E-state index contributed by atoms with van der Waals surface area (Å²) >= 11 is 6.31. The first-order valence-corrected chi connectivity index (χ1v) is 13.5. The van der Waals surface area contributed by atoms with Crippen molar-refractivity contribution in [2.45, 2.75) is 38.8 Å². The molecule has 35 heavy (non-hydrogen) atoms. The summed E-state index contributed by atoms with van der Waals surface area (Å²) in [6, 6.07) is 11.4. The van der Waals surface area contributed by atoms with E-state index in [1.54, 1.807) is 30.3 Å². The van der Waals surface area contributed by atoms with Crippen LogP contribution in [0.25, 0.3) is 0 Å². The second kappa shape index (κ2) is 11.6. The molecular formula is C24H30ClN3O6S. The molecule has 0 aliphatic carbocycles. The van der Waals surface area contributed by atoms with Gasteiger partial charge in [-0.05, 0) is 36.6 Å². The Morgan fingerprint density at radius 1 is 1.14 bits per heavy atom. The van der Waals surface area contributed by atoms with Gasteiger partial charge in [0, 0.05) is 37.6 Å². The Labute approximate surface area is 211 Å². The number of carbonyl (C=O) groups is 2. The molecule has 190 valence electrons. The molecule has 0 unspecified atom stereocenters. The predicted octanol–water partition coefficient (Wildman–Crippen LogP) is 3.17. The van der Waals surface area contributed by atoms with Crippen molar-refractivity contribution in [1.29, 1.82) is 0 Å². The number of nitrogens with one attached hydrogen (secondary N) is 1. The number of hydrogen-bond donors (Lipinski definition) is 1. The smallest absolute Gasteiger partial charge is 0.242 e. The van der Waals surface area contributed by atoms with E-state index in [1.165, 1.54) is 16.3 Å². The van der Waals surface area contributed by atoms with Crippen molar-refractivity contribution in [3.8, 4) is 11.5 Å². The van der Waals surface area contributed by atoms with Crippen molar-refractivity contribution in [3.05, 3.63) is 53.1 Å². The zero-order chi connectivity index (χ0) is 25.6. The molecule has 0 bridgehead atoms. The van der Waals surface area contributed by atoms with Gasteiger partial charge in [0.2, 0.25) is 28.6 Å². The molecule has 1 aliphatic heterocycles. The zero-order valence-corrected chi connectivity index (χ0v) is 21.6. The number of ether oxygens (including phenoxy) is 2. The average molecular weight is 524 g/mol. The second-order valence-electron chi connectivity index (χ2n) is 8.13. The number of rotatable bonds is 11. The lowest BCUT2D eigenvalue weighted by Gasteiger charge is -2.31. The Bertz CT molecular complexity index is 1170. The highest BCUT2D eigenvalue weighted by atomic mass is 35.5. The highest BCUT2D eigenvalue weighted by Gasteiger charge is 2.29. The van der Waals surface area contributed by atoms with Crippen LogP contribution in [-0.4, -0.2) is 57.8 Å². The van der Waals surface area contributed by atoms with E-state index in [0.717, 1.165) is 11.8 Å². The number of anilines is 1. The Kier molecular flexibility index (Phi) is 8.85. The number of benzene rings is 2. The molecule has 2 amide bonds. The third-order valence-electron chi connectivity index (χ3n) is 5.73. The van der Waals surface area contributed by atoms with Crippen LogP contribution in [0.3, 0.4) is 0 Å². The van der Waals surface area contributed by atoms with E-state index in [9.17, 15) is 18.0 Å². The number of fused-ring (bicyclic) bond motifs is 1. The van der Waals surface area contributed by atoms with Crippen molar-refractivity contribution in [3.63, 3.8) is 0 Å². The summed E-state index contributed by atoms with van der Waals surface area (Å²) < 4.78 is 36.9. The topological polar surface area (TPSA) is 105 Å². The van der Waals surface area contributed by atoms with Crippen LogP contribution in [-0.2, 0) is 26.2 Å². The average Bonchev–Trinajstić information content (AvgIpc) is 3.29. The molecule has 0 radical (unpaired) electrons. The van der Waals surface area contributed by atoms with Gasteiger partial charge < -0.3 is 19.7 Å². The summed E-state index contributed by atoms with van der Waals surface area (Å²) in [4.78, 5) is 27.3. The van der Waals surface area contributed by atoms with Gasteiger partial charge in [0.15, 0.2) is 11.5 Å². The molecule has 1 heterocycles. The molecule has 1 atom stereocenters. The summed E-state index contributed by atoms with van der Waals surface area (Å²) in [7, 11) is -2.09. The van der Waals surface area contributed by atoms with Gasteiger partial charge in [0.05, 0.1) is 11.9 Å². The zero-order valence-electron chi connectivity index (χ0n) is 20.0. The van der Waals surface area contributed by atoms with Crippen LogP contribution in [0.1, 0.15) is 31.7 Å². The fraction of sp³-hybridized carbons (Fsp3) is 0.417. The van der Waals surface area contributed by atoms with E-state index in [1.807, 2.05) is 19.1 Å². The first kappa shape index (κ1) is 26.6. The Balaban J connectivity index is 1.75. The van der Waals surface area contributed by atoms with Gasteiger partial charge in [-0.2, -0.15) is 0 Å². The summed E-state index contributed by atoms with van der Waals surface area (Å²) in [5.74, 6) is 0.479. The standard InChI is InChI=1S/C24H30ClN3O6S/c1-4-20(24(30)26-2)27(15-17-8-5-6-9-19(17)25)23(29)10-7-13-28(35(3,31)32)18-11-12-21-22(14-18)34-16-33-21/h5-6,8-9,11-12,14,20H,4,7,10,13,15-16H2,1-3H3,(H,26,30)/t20-/m1/s1. The lowest BCUT2D eigenvalue weighted by Crippen LogP contribution is -2.48. The molecule has 0 saturated carbocycles. The normalized spacial score (nSPS) is 13.3. The van der Waals surface area contributed by atoms with Gasteiger partial charge in [-0.3, -0.25) is 13.9 Å². The Hall–Kier alpha value is -2.98. The summed E-state index contributed by atoms with van der Waals surface area (Å²) in [5, 5.41) is 3.12. The summed E-state index contributed by atoms with van der Waals surface area (Å²) in [6.07, 6.45) is 1.84. The van der Waals surface area contributed by atoms with E-state index in [-0.39, 0.29) is 44.5 Å². The summed E-state index contributed by atoms with van der Waals surface area (Å²) in [6.45, 7) is 2.17. The number of sulfonamides is 1. The third kappa shape index (κ3) is 6.58. The first-order chi connectivity index (χ1) is 16.7. The number of hydrogen-bond acceptors (Lipinski definition) is 6. The van der Waals surface area contributed by atoms with E-state index < -0.39 is 16.1 Å². The van der Waals surface area contributed by atoms with Crippen LogP contribution >= 0.6 is 11.6 Å². The molecule has 2 aromatic carbocycles. The minimum Gasteiger partial charge on any atom is -0.454 e. The molecule has 11 heteroatoms. The molecule has 0 spiro atoms. The maximum absolute atomic E-state index is 13.3. The number of amides is 2. The maximum atomic E-state index is 13.3. The Morgan fingerprint density at radius 2 is 1.86 bits per heavy atom. The number of carbonyl (C=O) groups excluding carboxylic acids is 2. The molecule has 3 rings (SSSR count). The first-order valence-electron chi connectivity index (χ1n) is 11.3. The van der Waals surface area contributed by atoms with Gasteiger partial charge in [-0.1, -0.05) is 36.7 Å². The molecule has 0 saturated heterocycles. The molecule has 0 aromatic heterocycles. The summed E-state index contributed by atoms with van der Waals surface area (Å²) in [5.41, 5.74) is 1.15. The molecule has 1 N–H and O–H groups in total. The fourth-order valence-corrected chi connectivity index (χ4v) is 5.09. The fourth-order valence-electron chi connectivity index (χ4n) is 3.94. The van der Waals surface area contributed by atoms with Crippen LogP contribution in [0.4, 0.5) is 5.69 Å². The monoisotopic (exact) mass is 523 g/mol. The number of nitrogens with zero attached hydrogens (tertiary/aromatic N) is 2. The van der Waals surface area contributed by atoms with Crippen molar-refractivity contribution < 1.29 is 27.5 Å². The largest absolute Gasteiger partial charge is 0.454 e. The van der Waals surface area contributed by atoms with Gasteiger partial charge >= 0.3 is 0 Å². The van der Waals surface area contributed by atoms with Crippen LogP contribution in [0.2, 0.25) is 5.02 Å². The van der Waals surface area contributed by atoms with Crippen LogP contribution in [0, 0.1) is 0 Å². The van der Waals surface area contributed by atoms with Gasteiger partial charge in [0.1, 0.15) is 6.04 Å². The van der Waals surface area contributed by atoms with Gasteiger partial charge in [-0.15, -0.1) is 0 Å². The highest BCUT2D eigenvalue weighted by molar-refractivity contribution is 7.92. The highest BCUT2D eigenvalue weighted by Crippen LogP contribution is 2.36. The van der Waals surface area contributed by atoms with Gasteiger partial charge in [-0.25, -0.2) is 8.42 Å². The third-order valence-corrected chi connectivity index (χ3v) is 7.29. The van der Waals surface area contributed by atoms with Crippen molar-refractivity contribution in [2.75, 3.05) is 30.9 Å². The molecule has 1 aliphatic rings. The lowest BCUT2D eigenvalue weighted by molar-refractivity contribution is -0.141. The van der Waals surface area contributed by atoms with Gasteiger partial charge in [0.25, 0.3) is 0 Å². The number of halogens is 1. The maximum Gasteiger partial charge on any atom is 0.242 e. The quantitative estimate of drug-likeness (QED) is 0.485. The second-order valence-corrected chi connectivity index (χ2v) is 10.4. The Morgan fingerprint density at radius 3 is 2.51 bits per heavy atom. The van der Waals surface area contributed by atoms with Crippen LogP contribution in [0.15, 0.2) is 42.5 Å². The van der Waals surface area contributed by atoms with E-state index in [2.05, 4.69) is 5.32 Å². The van der Waals surface area contributed by atoms with E-state index >= 15 is 0 Å². The van der Waals surface area contributed by atoms with Crippen LogP contribution in [0.5, 0.6) is 11.5 Å². The molecule has 0 fully saturated rings. The SMILES string of the molecule is CC[C@H](C(=O)NC)N(Cc1ccccc1Cl)C(=O)CCCN(c1ccc2c(c1)OCO2)S(C)(=O)=O. The van der Waals surface area contributed by atoms with Crippen molar-refractivity contribution in [1.82, 2.24) is 10.2 Å². The lowest BCUT2D eigenvalue weighted by atomic mass is 10.1. The molecule has 2 aromatic rings. The molecular weight excluding hydrogens is 494 g/mol. The van der Waals surface area contributed by atoms with E-state index in [0.29, 0.717) is 28.6 Å².